The molecular weight excluding hydrogens is 492 g/mol. The zero-order chi connectivity index (χ0) is 27.5. The lowest BCUT2D eigenvalue weighted by atomic mass is 9.74. The number of carbonyl (C=O) groups is 3. The van der Waals surface area contributed by atoms with E-state index < -0.39 is 17.9 Å². The number of nitrogens with two attached hydrogens (primary N) is 1. The fourth-order valence-electron chi connectivity index (χ4n) is 7.62. The Balaban J connectivity index is 1.50. The number of hydrogen-bond donors (Lipinski definition) is 1. The van der Waals surface area contributed by atoms with Gasteiger partial charge < -0.3 is 20.3 Å². The van der Waals surface area contributed by atoms with Gasteiger partial charge in [-0.25, -0.2) is 0 Å². The molecule has 8 heteroatoms. The molecule has 1 aliphatic carbocycles. The van der Waals surface area contributed by atoms with E-state index in [1.807, 2.05) is 17.0 Å². The fourth-order valence-corrected chi connectivity index (χ4v) is 7.62. The van der Waals surface area contributed by atoms with Crippen molar-refractivity contribution in [1.29, 1.82) is 0 Å². The van der Waals surface area contributed by atoms with Gasteiger partial charge in [-0.05, 0) is 61.9 Å². The predicted octanol–water partition coefficient (Wildman–Crippen LogP) is 3.58. The summed E-state index contributed by atoms with van der Waals surface area (Å²) in [6.45, 7) is 9.91. The number of hydrogen-bond acceptors (Lipinski definition) is 6. The zero-order valence-electron chi connectivity index (χ0n) is 23.8. The highest BCUT2D eigenvalue weighted by molar-refractivity contribution is 5.99. The van der Waals surface area contributed by atoms with E-state index in [0.717, 1.165) is 88.9 Å². The molecule has 0 unspecified atom stereocenters. The molecule has 214 valence electrons. The van der Waals surface area contributed by atoms with Crippen molar-refractivity contribution in [3.05, 3.63) is 29.3 Å². The van der Waals surface area contributed by atoms with Gasteiger partial charge in [-0.15, -0.1) is 0 Å². The normalized spacial score (nSPS) is 27.1. The number of nitrogens with zero attached hydrogens (tertiary/aromatic N) is 3. The van der Waals surface area contributed by atoms with Crippen molar-refractivity contribution in [3.63, 3.8) is 0 Å². The lowest BCUT2D eigenvalue weighted by Crippen LogP contribution is -2.47. The second-order valence-electron chi connectivity index (χ2n) is 12.1. The van der Waals surface area contributed by atoms with Gasteiger partial charge in [-0.2, -0.15) is 0 Å². The zero-order valence-corrected chi connectivity index (χ0v) is 23.8. The monoisotopic (exact) mass is 538 g/mol. The van der Waals surface area contributed by atoms with E-state index in [9.17, 15) is 14.4 Å². The molecule has 3 saturated heterocycles. The number of benzene rings is 1. The maximum atomic E-state index is 14.6. The molecule has 3 heterocycles. The van der Waals surface area contributed by atoms with Crippen LogP contribution in [0.2, 0.25) is 0 Å². The van der Waals surface area contributed by atoms with Crippen molar-refractivity contribution in [2.75, 3.05) is 50.8 Å². The Morgan fingerprint density at radius 1 is 1.05 bits per heavy atom. The van der Waals surface area contributed by atoms with Crippen LogP contribution in [0.25, 0.3) is 0 Å². The summed E-state index contributed by atoms with van der Waals surface area (Å²) in [4.78, 5) is 47.0. The van der Waals surface area contributed by atoms with Crippen LogP contribution in [0.1, 0.15) is 87.1 Å². The minimum Gasteiger partial charge on any atom is -0.369 e. The van der Waals surface area contributed by atoms with Crippen molar-refractivity contribution in [3.8, 4) is 0 Å². The number of likely N-dealkylation sites (tertiary alicyclic amines) is 1. The first-order valence-electron chi connectivity index (χ1n) is 15.3. The highest BCUT2D eigenvalue weighted by Gasteiger charge is 2.53. The van der Waals surface area contributed by atoms with Crippen LogP contribution in [0.15, 0.2) is 18.2 Å². The first-order chi connectivity index (χ1) is 18.9. The topological polar surface area (TPSA) is 96.2 Å². The summed E-state index contributed by atoms with van der Waals surface area (Å²) in [6, 6.07) is 5.37. The molecule has 0 aromatic heterocycles. The van der Waals surface area contributed by atoms with E-state index in [2.05, 4.69) is 29.7 Å². The Hall–Kier alpha value is -2.45. The Morgan fingerprint density at radius 2 is 1.79 bits per heavy atom. The number of ether oxygens (including phenoxy) is 1. The third kappa shape index (κ3) is 5.73. The van der Waals surface area contributed by atoms with Gasteiger partial charge in [-0.1, -0.05) is 39.5 Å². The molecule has 4 atom stereocenters. The smallest absolute Gasteiger partial charge is 0.249 e. The molecule has 1 saturated carbocycles. The Morgan fingerprint density at radius 3 is 2.46 bits per heavy atom. The van der Waals surface area contributed by atoms with Crippen molar-refractivity contribution >= 4 is 23.3 Å². The number of rotatable bonds is 9. The molecule has 0 radical (unpaired) electrons. The molecule has 39 heavy (non-hydrogen) atoms. The lowest BCUT2D eigenvalue weighted by molar-refractivity contribution is -0.139. The number of piperazine rings is 1. The number of primary amides is 1. The van der Waals surface area contributed by atoms with Crippen molar-refractivity contribution in [2.24, 2.45) is 17.6 Å². The van der Waals surface area contributed by atoms with Gasteiger partial charge in [0.05, 0.1) is 12.0 Å². The summed E-state index contributed by atoms with van der Waals surface area (Å²) in [5.41, 5.74) is 8.15. The number of fused-ring (bicyclic) bond motifs is 1. The quantitative estimate of drug-likeness (QED) is 0.516. The summed E-state index contributed by atoms with van der Waals surface area (Å²) in [7, 11) is 0. The molecule has 2 N–H and O–H groups in total. The highest BCUT2D eigenvalue weighted by atomic mass is 16.5. The average molecular weight is 539 g/mol. The van der Waals surface area contributed by atoms with Crippen LogP contribution in [0.4, 0.5) is 5.69 Å². The largest absolute Gasteiger partial charge is 0.369 e. The fraction of sp³-hybridized carbons (Fsp3) is 0.710. The van der Waals surface area contributed by atoms with E-state index >= 15 is 0 Å². The summed E-state index contributed by atoms with van der Waals surface area (Å²) in [5.74, 6) is -0.708. The Labute approximate surface area is 233 Å². The molecular formula is C31H46N4O4. The van der Waals surface area contributed by atoms with E-state index in [4.69, 9.17) is 10.5 Å². The van der Waals surface area contributed by atoms with Crippen LogP contribution in [0.3, 0.4) is 0 Å². The summed E-state index contributed by atoms with van der Waals surface area (Å²) >= 11 is 0. The second-order valence-corrected chi connectivity index (χ2v) is 12.1. The molecule has 1 aromatic carbocycles. The number of ketones is 1. The lowest BCUT2D eigenvalue weighted by Gasteiger charge is -2.37. The Kier molecular flexibility index (Phi) is 8.92. The standard InChI is InChI=1S/C31H46N4O4/c1-3-8-22-19-35(28-26(36)20-39-29(22)28)31(38)27(21-9-6-5-7-10-21)25-18-23(11-12-24(25)30(32)37)34-16-14-33(13-4-2)15-17-34/h11-12,18,21-22,27-29H,3-10,13-17,19-20H2,1-2H3,(H2,32,37)/t22-,27+,28-,29-/m1/s1. The third-order valence-electron chi connectivity index (χ3n) is 9.53. The van der Waals surface area contributed by atoms with Gasteiger partial charge >= 0.3 is 0 Å². The minimum absolute atomic E-state index is 0.00294. The minimum atomic E-state index is -0.507. The van der Waals surface area contributed by atoms with Crippen LogP contribution in [0, 0.1) is 11.8 Å². The first-order valence-corrected chi connectivity index (χ1v) is 15.3. The maximum absolute atomic E-state index is 14.6. The van der Waals surface area contributed by atoms with Crippen LogP contribution < -0.4 is 10.6 Å². The highest BCUT2D eigenvalue weighted by Crippen LogP contribution is 2.43. The van der Waals surface area contributed by atoms with Crippen LogP contribution in [0.5, 0.6) is 0 Å². The van der Waals surface area contributed by atoms with Gasteiger partial charge in [0.25, 0.3) is 0 Å². The molecule has 5 rings (SSSR count). The summed E-state index contributed by atoms with van der Waals surface area (Å²) < 4.78 is 5.92. The molecule has 3 aliphatic heterocycles. The van der Waals surface area contributed by atoms with Gasteiger partial charge in [0, 0.05) is 49.9 Å². The summed E-state index contributed by atoms with van der Waals surface area (Å²) in [6.07, 6.45) is 8.05. The predicted molar refractivity (Wildman–Crippen MR) is 152 cm³/mol. The van der Waals surface area contributed by atoms with E-state index in [-0.39, 0.29) is 36.2 Å². The van der Waals surface area contributed by atoms with Crippen molar-refractivity contribution in [1.82, 2.24) is 9.80 Å². The van der Waals surface area contributed by atoms with Gasteiger partial charge in [0.2, 0.25) is 11.8 Å². The number of anilines is 1. The van der Waals surface area contributed by atoms with E-state index in [1.54, 1.807) is 0 Å². The van der Waals surface area contributed by atoms with Gasteiger partial charge in [0.1, 0.15) is 12.6 Å². The SMILES string of the molecule is CCC[C@@H]1CN(C(=O)[C@H](c2cc(N3CCN(CCC)CC3)ccc2C(N)=O)C2CCCCC2)[C@@H]2C(=O)CO[C@H]12. The van der Waals surface area contributed by atoms with Crippen molar-refractivity contribution < 1.29 is 19.1 Å². The molecule has 8 nitrogen and oxygen atoms in total. The van der Waals surface area contributed by atoms with Crippen LogP contribution in [-0.4, -0.2) is 85.4 Å². The van der Waals surface area contributed by atoms with Crippen LogP contribution >= 0.6 is 0 Å². The van der Waals surface area contributed by atoms with E-state index in [0.29, 0.717) is 12.1 Å². The molecule has 2 amide bonds. The second kappa shape index (κ2) is 12.4. The molecule has 4 aliphatic rings. The van der Waals surface area contributed by atoms with Crippen molar-refractivity contribution in [2.45, 2.75) is 83.3 Å². The Bertz CT molecular complexity index is 1050. The van der Waals surface area contributed by atoms with Gasteiger partial charge in [-0.3, -0.25) is 19.3 Å². The molecule has 0 bridgehead atoms. The number of Topliss-reactive ketones (excluding diaryl/α,β-unsaturated/α-hetero) is 1. The van der Waals surface area contributed by atoms with E-state index in [1.165, 1.54) is 6.42 Å². The number of carbonyl (C=O) groups excluding carboxylic acids is 3. The molecule has 4 fully saturated rings. The first kappa shape index (κ1) is 28.1. The maximum Gasteiger partial charge on any atom is 0.249 e. The molecule has 1 aromatic rings. The van der Waals surface area contributed by atoms with Gasteiger partial charge in [0.15, 0.2) is 5.78 Å². The summed E-state index contributed by atoms with van der Waals surface area (Å²) in [5, 5.41) is 0. The average Bonchev–Trinajstić information content (AvgIpc) is 3.51. The van der Waals surface area contributed by atoms with Crippen LogP contribution in [-0.2, 0) is 14.3 Å². The number of amides is 2. The third-order valence-corrected chi connectivity index (χ3v) is 9.53. The molecule has 0 spiro atoms.